The van der Waals surface area contributed by atoms with E-state index >= 15 is 0 Å². The lowest BCUT2D eigenvalue weighted by molar-refractivity contribution is 0.312. The lowest BCUT2D eigenvalue weighted by atomic mass is 10.1. The predicted molar refractivity (Wildman–Crippen MR) is 112 cm³/mol. The normalized spacial score (nSPS) is 14.7. The van der Waals surface area contributed by atoms with Crippen LogP contribution in [0, 0.1) is 0 Å². The highest BCUT2D eigenvalue weighted by Gasteiger charge is 2.21. The molecule has 1 aliphatic heterocycles. The summed E-state index contributed by atoms with van der Waals surface area (Å²) in [6.45, 7) is 8.21. The lowest BCUT2D eigenvalue weighted by Crippen LogP contribution is -2.26. The van der Waals surface area contributed by atoms with Gasteiger partial charge in [0.25, 0.3) is 0 Å². The number of hydrogen-bond acceptors (Lipinski definition) is 2. The van der Waals surface area contributed by atoms with Crippen LogP contribution in [-0.2, 0) is 13.0 Å². The van der Waals surface area contributed by atoms with Crippen LogP contribution in [0.15, 0.2) is 42.7 Å². The minimum Gasteiger partial charge on any atom is -0.320 e. The predicted octanol–water partition coefficient (Wildman–Crippen LogP) is 5.72. The molecule has 3 heterocycles. The van der Waals surface area contributed by atoms with Gasteiger partial charge in [-0.1, -0.05) is 25.4 Å². The smallest absolute Gasteiger partial charge is 0.0529 e. The van der Waals surface area contributed by atoms with Gasteiger partial charge in [-0.3, -0.25) is 4.98 Å². The summed E-state index contributed by atoms with van der Waals surface area (Å²) in [5, 5.41) is 2.06. The maximum Gasteiger partial charge on any atom is 0.0529 e. The first-order valence-corrected chi connectivity index (χ1v) is 9.60. The Balaban J connectivity index is 0.000000948. The summed E-state index contributed by atoms with van der Waals surface area (Å²) in [6, 6.07) is 10.3. The Labute approximate surface area is 160 Å². The van der Waals surface area contributed by atoms with Crippen LogP contribution in [0.4, 0.5) is 0 Å². The molecule has 1 aromatic carbocycles. The van der Waals surface area contributed by atoms with Crippen molar-refractivity contribution in [2.45, 2.75) is 33.7 Å². The van der Waals surface area contributed by atoms with Crippen LogP contribution in [-0.4, -0.2) is 28.0 Å². The van der Waals surface area contributed by atoms with Crippen molar-refractivity contribution < 1.29 is 0 Å². The van der Waals surface area contributed by atoms with Crippen LogP contribution in [0.3, 0.4) is 0 Å². The third kappa shape index (κ3) is 3.55. The number of aromatic nitrogens is 2. The van der Waals surface area contributed by atoms with E-state index in [4.69, 9.17) is 11.6 Å². The van der Waals surface area contributed by atoms with Gasteiger partial charge in [-0.15, -0.1) is 0 Å². The molecule has 136 valence electrons. The Morgan fingerprint density at radius 3 is 2.62 bits per heavy atom. The van der Waals surface area contributed by atoms with E-state index in [0.717, 1.165) is 24.5 Å². The van der Waals surface area contributed by atoms with Crippen LogP contribution in [0.25, 0.3) is 22.7 Å². The first-order chi connectivity index (χ1) is 12.6. The minimum atomic E-state index is 0.797. The van der Waals surface area contributed by atoms with Crippen LogP contribution in [0.1, 0.15) is 37.6 Å². The van der Waals surface area contributed by atoms with Gasteiger partial charge in [-0.2, -0.15) is 0 Å². The molecular formula is C22H26ClN3. The summed E-state index contributed by atoms with van der Waals surface area (Å²) in [4.78, 5) is 6.48. The van der Waals surface area contributed by atoms with Crippen LogP contribution >= 0.6 is 11.6 Å². The quantitative estimate of drug-likeness (QED) is 0.577. The molecule has 0 fully saturated rings. The van der Waals surface area contributed by atoms with Crippen molar-refractivity contribution in [3.63, 3.8) is 0 Å². The van der Waals surface area contributed by atoms with Crippen molar-refractivity contribution in [3.8, 4) is 0 Å². The molecule has 0 radical (unpaired) electrons. The first kappa shape index (κ1) is 18.7. The Morgan fingerprint density at radius 1 is 1.15 bits per heavy atom. The van der Waals surface area contributed by atoms with Gasteiger partial charge in [0, 0.05) is 54.2 Å². The summed E-state index contributed by atoms with van der Waals surface area (Å²) in [5.41, 5.74) is 6.46. The molecule has 3 nitrogen and oxygen atoms in total. The monoisotopic (exact) mass is 367 g/mol. The molecule has 2 aromatic heterocycles. The Morgan fingerprint density at radius 2 is 1.88 bits per heavy atom. The second-order valence-corrected chi connectivity index (χ2v) is 6.93. The Kier molecular flexibility index (Phi) is 5.80. The molecule has 0 saturated heterocycles. The Bertz CT molecular complexity index is 925. The minimum absolute atomic E-state index is 0.797. The average molecular weight is 368 g/mol. The highest BCUT2D eigenvalue weighted by Crippen LogP contribution is 2.33. The molecule has 0 amide bonds. The zero-order chi connectivity index (χ0) is 18.7. The maximum atomic E-state index is 6.26. The van der Waals surface area contributed by atoms with Crippen molar-refractivity contribution in [2.24, 2.45) is 0 Å². The van der Waals surface area contributed by atoms with E-state index in [2.05, 4.69) is 58.9 Å². The number of fused-ring (bicyclic) bond motifs is 3. The fourth-order valence-electron chi connectivity index (χ4n) is 3.53. The van der Waals surface area contributed by atoms with E-state index in [1.165, 1.54) is 33.3 Å². The summed E-state index contributed by atoms with van der Waals surface area (Å²) >= 11 is 6.26. The lowest BCUT2D eigenvalue weighted by Gasteiger charge is -2.23. The van der Waals surface area contributed by atoms with Crippen molar-refractivity contribution in [1.29, 1.82) is 0 Å². The van der Waals surface area contributed by atoms with Gasteiger partial charge in [0.1, 0.15) is 0 Å². The average Bonchev–Trinajstić information content (AvgIpc) is 2.96. The molecule has 0 N–H and O–H groups in total. The van der Waals surface area contributed by atoms with E-state index < -0.39 is 0 Å². The molecule has 0 saturated carbocycles. The van der Waals surface area contributed by atoms with Crippen molar-refractivity contribution in [3.05, 3.63) is 64.6 Å². The van der Waals surface area contributed by atoms with E-state index in [1.54, 1.807) is 0 Å². The highest BCUT2D eigenvalue weighted by atomic mass is 35.5. The molecule has 26 heavy (non-hydrogen) atoms. The van der Waals surface area contributed by atoms with Crippen molar-refractivity contribution in [2.75, 3.05) is 13.6 Å². The molecule has 0 atom stereocenters. The maximum absolute atomic E-state index is 6.26. The number of allylic oxidation sites excluding steroid dienone is 1. The molecule has 0 unspecified atom stereocenters. The summed E-state index contributed by atoms with van der Waals surface area (Å²) < 4.78 is 2.35. The van der Waals surface area contributed by atoms with E-state index in [9.17, 15) is 0 Å². The van der Waals surface area contributed by atoms with Crippen LogP contribution in [0.5, 0.6) is 0 Å². The van der Waals surface area contributed by atoms with Gasteiger partial charge in [-0.25, -0.2) is 0 Å². The van der Waals surface area contributed by atoms with E-state index in [0.29, 0.717) is 0 Å². The molecule has 0 bridgehead atoms. The molecule has 4 heteroatoms. The fraction of sp³-hybridized carbons (Fsp3) is 0.318. The standard InChI is InChI=1S/C20H20ClN3.C2H6/c1-14(15-5-8-22-9-6-15)12-24-19-4-3-16(21)11-17(19)18-13-23(2)10-7-20(18)24;1-2/h3-6,8-9,11-12H,7,10,13H2,1-2H3;1-2H3/b14-12+;. The molecule has 0 aliphatic carbocycles. The first-order valence-electron chi connectivity index (χ1n) is 9.22. The highest BCUT2D eigenvalue weighted by molar-refractivity contribution is 6.31. The largest absolute Gasteiger partial charge is 0.320 e. The molecule has 4 rings (SSSR count). The van der Waals surface area contributed by atoms with Gasteiger partial charge in [0.2, 0.25) is 0 Å². The summed E-state index contributed by atoms with van der Waals surface area (Å²) in [7, 11) is 2.18. The molecule has 1 aliphatic rings. The van der Waals surface area contributed by atoms with Gasteiger partial charge in [0.05, 0.1) is 5.52 Å². The van der Waals surface area contributed by atoms with Gasteiger partial charge in [-0.05, 0) is 61.0 Å². The molecular weight excluding hydrogens is 342 g/mol. The van der Waals surface area contributed by atoms with Crippen LogP contribution in [0.2, 0.25) is 5.02 Å². The number of halogens is 1. The summed E-state index contributed by atoms with van der Waals surface area (Å²) in [5.74, 6) is 0. The fourth-order valence-corrected chi connectivity index (χ4v) is 3.70. The number of pyridine rings is 1. The SMILES string of the molecule is C/C(=C\n1c2c(c3cc(Cl)ccc31)CN(C)CC2)c1ccncc1.CC. The topological polar surface area (TPSA) is 21.1 Å². The number of benzene rings is 1. The number of nitrogens with zero attached hydrogens (tertiary/aromatic N) is 3. The Hall–Kier alpha value is -2.10. The second kappa shape index (κ2) is 8.07. The van der Waals surface area contributed by atoms with E-state index in [1.807, 2.05) is 32.3 Å². The van der Waals surface area contributed by atoms with Crippen molar-refractivity contribution in [1.82, 2.24) is 14.5 Å². The van der Waals surface area contributed by atoms with Gasteiger partial charge >= 0.3 is 0 Å². The van der Waals surface area contributed by atoms with E-state index in [-0.39, 0.29) is 0 Å². The molecule has 0 spiro atoms. The number of likely N-dealkylation sites (N-methyl/N-ethyl adjacent to an activating group) is 1. The number of rotatable bonds is 2. The zero-order valence-corrected chi connectivity index (χ0v) is 16.7. The molecule has 3 aromatic rings. The third-order valence-corrected chi connectivity index (χ3v) is 5.03. The van der Waals surface area contributed by atoms with Gasteiger partial charge < -0.3 is 9.47 Å². The summed E-state index contributed by atoms with van der Waals surface area (Å²) in [6.07, 6.45) is 6.98. The third-order valence-electron chi connectivity index (χ3n) is 4.80. The van der Waals surface area contributed by atoms with Gasteiger partial charge in [0.15, 0.2) is 0 Å². The van der Waals surface area contributed by atoms with Crippen molar-refractivity contribution >= 4 is 34.3 Å². The zero-order valence-electron chi connectivity index (χ0n) is 16.0. The number of hydrogen-bond donors (Lipinski definition) is 0. The van der Waals surface area contributed by atoms with Crippen LogP contribution < -0.4 is 0 Å². The second-order valence-electron chi connectivity index (χ2n) is 6.49.